The molecule has 0 fully saturated rings. The van der Waals surface area contributed by atoms with Crippen LogP contribution in [0, 0.1) is 0 Å². The fourth-order valence-electron chi connectivity index (χ4n) is 0.975. The van der Waals surface area contributed by atoms with E-state index < -0.39 is 0 Å². The van der Waals surface area contributed by atoms with E-state index in [2.05, 4.69) is 44.8 Å². The minimum absolute atomic E-state index is 0.388. The van der Waals surface area contributed by atoms with E-state index >= 15 is 0 Å². The van der Waals surface area contributed by atoms with Crippen molar-refractivity contribution in [3.63, 3.8) is 0 Å². The van der Waals surface area contributed by atoms with Crippen molar-refractivity contribution < 1.29 is 0 Å². The van der Waals surface area contributed by atoms with Gasteiger partial charge in [-0.3, -0.25) is 0 Å². The lowest BCUT2D eigenvalue weighted by Crippen LogP contribution is -1.95. The van der Waals surface area contributed by atoms with E-state index in [1.54, 1.807) is 0 Å². The van der Waals surface area contributed by atoms with Crippen LogP contribution in [0.25, 0.3) is 0 Å². The van der Waals surface area contributed by atoms with Crippen molar-refractivity contribution in [2.45, 2.75) is 12.8 Å². The molecule has 0 aliphatic carbocycles. The molecule has 1 unspecified atom stereocenters. The van der Waals surface area contributed by atoms with Crippen LogP contribution in [0.5, 0.6) is 0 Å². The molecule has 0 saturated heterocycles. The van der Waals surface area contributed by atoms with E-state index in [-0.39, 0.29) is 0 Å². The van der Waals surface area contributed by atoms with E-state index in [4.69, 9.17) is 11.6 Å². The summed E-state index contributed by atoms with van der Waals surface area (Å²) in [5, 5.41) is 0. The van der Waals surface area contributed by atoms with Gasteiger partial charge in [-0.05, 0) is 29.7 Å². The van der Waals surface area contributed by atoms with E-state index in [1.165, 1.54) is 5.56 Å². The summed E-state index contributed by atoms with van der Waals surface area (Å²) in [7, 11) is 0. The molecule has 1 aromatic rings. The summed E-state index contributed by atoms with van der Waals surface area (Å²) in [5.41, 5.74) is 1.25. The Morgan fingerprint density at radius 3 is 2.67 bits per heavy atom. The summed E-state index contributed by atoms with van der Waals surface area (Å²) in [6, 6.07) is 6.13. The van der Waals surface area contributed by atoms with Crippen molar-refractivity contribution >= 4 is 43.5 Å². The summed E-state index contributed by atoms with van der Waals surface area (Å²) in [5.74, 6) is 1.04. The fourth-order valence-corrected chi connectivity index (χ4v) is 2.16. The van der Waals surface area contributed by atoms with Gasteiger partial charge in [0.2, 0.25) is 0 Å². The Balaban J connectivity index is 3.04. The lowest BCUT2D eigenvalue weighted by Gasteiger charge is -2.10. The molecule has 0 aliphatic rings. The summed E-state index contributed by atoms with van der Waals surface area (Å²) in [6.45, 7) is 2.11. The fraction of sp³-hybridized carbons (Fsp3) is 0.333. The van der Waals surface area contributed by atoms with Gasteiger partial charge in [-0.15, -0.1) is 11.6 Å². The second-order valence-electron chi connectivity index (χ2n) is 2.72. The van der Waals surface area contributed by atoms with Gasteiger partial charge in [0.25, 0.3) is 0 Å². The van der Waals surface area contributed by atoms with E-state index in [0.717, 1.165) is 8.95 Å². The number of benzene rings is 1. The van der Waals surface area contributed by atoms with Crippen molar-refractivity contribution in [2.24, 2.45) is 0 Å². The molecule has 66 valence electrons. The third kappa shape index (κ3) is 2.48. The Bertz CT molecular complexity index is 273. The first-order valence-electron chi connectivity index (χ1n) is 3.66. The predicted molar refractivity (Wildman–Crippen MR) is 61.0 cm³/mol. The van der Waals surface area contributed by atoms with Gasteiger partial charge in [-0.2, -0.15) is 0 Å². The molecular weight excluding hydrogens is 303 g/mol. The first kappa shape index (κ1) is 10.6. The van der Waals surface area contributed by atoms with Crippen LogP contribution in [0.1, 0.15) is 18.4 Å². The van der Waals surface area contributed by atoms with Gasteiger partial charge in [-0.1, -0.05) is 38.8 Å². The second-order valence-corrected chi connectivity index (χ2v) is 4.80. The average Bonchev–Trinajstić information content (AvgIpc) is 2.08. The van der Waals surface area contributed by atoms with Gasteiger partial charge in [0, 0.05) is 14.8 Å². The quantitative estimate of drug-likeness (QED) is 0.703. The smallest absolute Gasteiger partial charge is 0.0290 e. The summed E-state index contributed by atoms with van der Waals surface area (Å²) in [4.78, 5) is 0. The molecule has 1 atom stereocenters. The third-order valence-electron chi connectivity index (χ3n) is 1.72. The predicted octanol–water partition coefficient (Wildman–Crippen LogP) is 4.55. The molecule has 3 heteroatoms. The highest BCUT2D eigenvalue weighted by Crippen LogP contribution is 2.28. The van der Waals surface area contributed by atoms with Crippen LogP contribution >= 0.6 is 43.5 Å². The maximum atomic E-state index is 5.77. The van der Waals surface area contributed by atoms with Crippen LogP contribution in [0.15, 0.2) is 27.1 Å². The molecule has 1 aromatic carbocycles. The summed E-state index contributed by atoms with van der Waals surface area (Å²) < 4.78 is 2.22. The number of alkyl halides is 1. The zero-order valence-electron chi connectivity index (χ0n) is 6.65. The van der Waals surface area contributed by atoms with Crippen molar-refractivity contribution in [3.8, 4) is 0 Å². The first-order valence-corrected chi connectivity index (χ1v) is 5.78. The van der Waals surface area contributed by atoms with Crippen LogP contribution < -0.4 is 0 Å². The molecule has 0 nitrogen and oxygen atoms in total. The number of halogens is 3. The highest BCUT2D eigenvalue weighted by molar-refractivity contribution is 9.11. The van der Waals surface area contributed by atoms with Crippen molar-refractivity contribution in [2.75, 3.05) is 5.88 Å². The average molecular weight is 312 g/mol. The minimum Gasteiger partial charge on any atom is -0.126 e. The van der Waals surface area contributed by atoms with Gasteiger partial charge in [0.15, 0.2) is 0 Å². The number of rotatable bonds is 2. The van der Waals surface area contributed by atoms with E-state index in [1.807, 2.05) is 12.1 Å². The molecule has 0 aliphatic heterocycles. The number of hydrogen-bond acceptors (Lipinski definition) is 0. The molecule has 0 radical (unpaired) electrons. The zero-order valence-corrected chi connectivity index (χ0v) is 10.6. The molecule has 12 heavy (non-hydrogen) atoms. The minimum atomic E-state index is 0.388. The van der Waals surface area contributed by atoms with Gasteiger partial charge in [-0.25, -0.2) is 0 Å². The molecule has 0 aromatic heterocycles. The van der Waals surface area contributed by atoms with Gasteiger partial charge >= 0.3 is 0 Å². The molecular formula is C9H9Br2Cl. The monoisotopic (exact) mass is 310 g/mol. The van der Waals surface area contributed by atoms with Crippen LogP contribution in [0.4, 0.5) is 0 Å². The lowest BCUT2D eigenvalue weighted by atomic mass is 10.0. The van der Waals surface area contributed by atoms with Crippen LogP contribution in [0.2, 0.25) is 0 Å². The molecule has 0 N–H and O–H groups in total. The van der Waals surface area contributed by atoms with Crippen molar-refractivity contribution in [1.82, 2.24) is 0 Å². The Morgan fingerprint density at radius 1 is 1.42 bits per heavy atom. The van der Waals surface area contributed by atoms with Gasteiger partial charge < -0.3 is 0 Å². The second kappa shape index (κ2) is 4.64. The van der Waals surface area contributed by atoms with Crippen LogP contribution in [-0.4, -0.2) is 5.88 Å². The zero-order chi connectivity index (χ0) is 9.14. The molecule has 0 spiro atoms. The van der Waals surface area contributed by atoms with Crippen LogP contribution in [-0.2, 0) is 0 Å². The van der Waals surface area contributed by atoms with Gasteiger partial charge in [0.1, 0.15) is 0 Å². The molecule has 0 heterocycles. The first-order chi connectivity index (χ1) is 5.65. The van der Waals surface area contributed by atoms with Gasteiger partial charge in [0.05, 0.1) is 0 Å². The highest BCUT2D eigenvalue weighted by atomic mass is 79.9. The standard InChI is InChI=1S/C9H9Br2Cl/c1-6(5-12)8-4-7(10)2-3-9(8)11/h2-4,6H,5H2,1H3. The van der Waals surface area contributed by atoms with Crippen LogP contribution in [0.3, 0.4) is 0 Å². The summed E-state index contributed by atoms with van der Waals surface area (Å²) in [6.07, 6.45) is 0. The molecule has 0 amide bonds. The van der Waals surface area contributed by atoms with Crippen molar-refractivity contribution in [1.29, 1.82) is 0 Å². The Kier molecular flexibility index (Phi) is 4.08. The lowest BCUT2D eigenvalue weighted by molar-refractivity contribution is 0.868. The Labute approximate surface area is 94.6 Å². The number of hydrogen-bond donors (Lipinski definition) is 0. The van der Waals surface area contributed by atoms with Crippen molar-refractivity contribution in [3.05, 3.63) is 32.7 Å². The maximum absolute atomic E-state index is 5.77. The Morgan fingerprint density at radius 2 is 2.08 bits per heavy atom. The van der Waals surface area contributed by atoms with E-state index in [0.29, 0.717) is 11.8 Å². The highest BCUT2D eigenvalue weighted by Gasteiger charge is 2.07. The summed E-state index contributed by atoms with van der Waals surface area (Å²) >= 11 is 12.7. The maximum Gasteiger partial charge on any atom is 0.0290 e. The SMILES string of the molecule is CC(CCl)c1cc(Br)ccc1Br. The third-order valence-corrected chi connectivity index (χ3v) is 3.40. The molecule has 1 rings (SSSR count). The van der Waals surface area contributed by atoms with E-state index in [9.17, 15) is 0 Å². The Hall–Kier alpha value is 0.470. The molecule has 0 bridgehead atoms. The largest absolute Gasteiger partial charge is 0.126 e. The molecule has 0 saturated carbocycles. The topological polar surface area (TPSA) is 0 Å². The normalized spacial score (nSPS) is 13.0.